The summed E-state index contributed by atoms with van der Waals surface area (Å²) in [5, 5.41) is 9.23. The molecule has 0 radical (unpaired) electrons. The highest BCUT2D eigenvalue weighted by Gasteiger charge is 2.09. The van der Waals surface area contributed by atoms with Gasteiger partial charge in [-0.3, -0.25) is 4.90 Å². The Labute approximate surface area is 95.5 Å². The summed E-state index contributed by atoms with van der Waals surface area (Å²) in [5.41, 5.74) is 0.783. The molecule has 0 fully saturated rings. The van der Waals surface area contributed by atoms with Crippen molar-refractivity contribution in [3.63, 3.8) is 0 Å². The lowest BCUT2D eigenvalue weighted by molar-refractivity contribution is 0.138. The average Bonchev–Trinajstić information content (AvgIpc) is 2.16. The van der Waals surface area contributed by atoms with Gasteiger partial charge in [0.25, 0.3) is 0 Å². The van der Waals surface area contributed by atoms with Crippen LogP contribution in [-0.2, 0) is 6.54 Å². The third kappa shape index (κ3) is 3.79. The number of aliphatic hydroxyl groups is 1. The summed E-state index contributed by atoms with van der Waals surface area (Å²) in [7, 11) is 3.43. The van der Waals surface area contributed by atoms with Gasteiger partial charge in [-0.15, -0.1) is 0 Å². The van der Waals surface area contributed by atoms with Gasteiger partial charge in [-0.1, -0.05) is 0 Å². The fourth-order valence-corrected chi connectivity index (χ4v) is 1.68. The van der Waals surface area contributed by atoms with Gasteiger partial charge in [-0.05, 0) is 32.2 Å². The number of methoxy groups -OCH3 is 1. The Morgan fingerprint density at radius 3 is 2.75 bits per heavy atom. The summed E-state index contributed by atoms with van der Waals surface area (Å²) >= 11 is 0. The molecular weight excluding hydrogens is 209 g/mol. The van der Waals surface area contributed by atoms with E-state index in [0.29, 0.717) is 18.8 Å². The minimum absolute atomic E-state index is 0.277. The van der Waals surface area contributed by atoms with Crippen LogP contribution < -0.4 is 4.74 Å². The van der Waals surface area contributed by atoms with Crippen LogP contribution in [0.1, 0.15) is 12.5 Å². The van der Waals surface area contributed by atoms with Gasteiger partial charge in [0.1, 0.15) is 11.6 Å². The Morgan fingerprint density at radius 1 is 1.50 bits per heavy atom. The number of nitrogens with zero attached hydrogens (tertiary/aromatic N) is 1. The number of hydrogen-bond donors (Lipinski definition) is 1. The van der Waals surface area contributed by atoms with Crippen molar-refractivity contribution < 1.29 is 14.2 Å². The lowest BCUT2D eigenvalue weighted by Gasteiger charge is -2.19. The second-order valence-corrected chi connectivity index (χ2v) is 4.00. The van der Waals surface area contributed by atoms with Gasteiger partial charge in [-0.25, -0.2) is 4.39 Å². The first kappa shape index (κ1) is 12.9. The van der Waals surface area contributed by atoms with Crippen molar-refractivity contribution in [2.24, 2.45) is 0 Å². The highest BCUT2D eigenvalue weighted by Crippen LogP contribution is 2.20. The Bertz CT molecular complexity index is 342. The van der Waals surface area contributed by atoms with E-state index < -0.39 is 6.10 Å². The number of rotatable bonds is 5. The molecule has 4 heteroatoms. The molecule has 90 valence electrons. The maximum atomic E-state index is 13.1. The van der Waals surface area contributed by atoms with E-state index in [1.807, 2.05) is 11.9 Å². The summed E-state index contributed by atoms with van der Waals surface area (Å²) in [5.74, 6) is 0.389. The Morgan fingerprint density at radius 2 is 2.19 bits per heavy atom. The molecular formula is C12H18FNO2. The van der Waals surface area contributed by atoms with Crippen molar-refractivity contribution in [3.8, 4) is 5.75 Å². The van der Waals surface area contributed by atoms with Crippen molar-refractivity contribution in [1.29, 1.82) is 0 Å². The molecule has 0 bridgehead atoms. The van der Waals surface area contributed by atoms with Crippen LogP contribution in [0.3, 0.4) is 0 Å². The fraction of sp³-hybridized carbons (Fsp3) is 0.500. The number of aliphatic hydroxyl groups excluding tert-OH is 1. The first-order chi connectivity index (χ1) is 7.52. The maximum absolute atomic E-state index is 13.1. The molecule has 0 amide bonds. The average molecular weight is 227 g/mol. The second kappa shape index (κ2) is 5.82. The zero-order valence-electron chi connectivity index (χ0n) is 9.90. The lowest BCUT2D eigenvalue weighted by Crippen LogP contribution is -2.26. The molecule has 0 aliphatic carbocycles. The van der Waals surface area contributed by atoms with Crippen molar-refractivity contribution in [2.75, 3.05) is 20.7 Å². The number of hydrogen-bond acceptors (Lipinski definition) is 3. The zero-order valence-corrected chi connectivity index (χ0v) is 9.90. The van der Waals surface area contributed by atoms with E-state index in [2.05, 4.69) is 0 Å². The molecule has 1 N–H and O–H groups in total. The molecule has 0 aliphatic heterocycles. The molecule has 0 heterocycles. The molecule has 1 unspecified atom stereocenters. The van der Waals surface area contributed by atoms with Gasteiger partial charge < -0.3 is 9.84 Å². The van der Waals surface area contributed by atoms with Crippen LogP contribution in [0, 0.1) is 5.82 Å². The van der Waals surface area contributed by atoms with Crippen LogP contribution in [0.4, 0.5) is 4.39 Å². The van der Waals surface area contributed by atoms with E-state index in [4.69, 9.17) is 4.74 Å². The number of ether oxygens (including phenoxy) is 1. The first-order valence-electron chi connectivity index (χ1n) is 5.22. The Balaban J connectivity index is 2.74. The highest BCUT2D eigenvalue weighted by molar-refractivity contribution is 5.33. The molecule has 3 nitrogen and oxygen atoms in total. The van der Waals surface area contributed by atoms with E-state index >= 15 is 0 Å². The van der Waals surface area contributed by atoms with E-state index in [-0.39, 0.29) is 5.82 Å². The van der Waals surface area contributed by atoms with E-state index in [9.17, 15) is 9.50 Å². The Kier molecular flexibility index (Phi) is 4.71. The van der Waals surface area contributed by atoms with Crippen molar-refractivity contribution >= 4 is 0 Å². The largest absolute Gasteiger partial charge is 0.496 e. The van der Waals surface area contributed by atoms with Gasteiger partial charge in [0.2, 0.25) is 0 Å². The topological polar surface area (TPSA) is 32.7 Å². The standard InChI is InChI=1S/C12H18FNO2/c1-9(15)7-14(2)8-10-6-11(13)4-5-12(10)16-3/h4-6,9,15H,7-8H2,1-3H3. The Hall–Kier alpha value is -1.13. The number of benzene rings is 1. The van der Waals surface area contributed by atoms with Gasteiger partial charge in [0, 0.05) is 18.7 Å². The summed E-state index contributed by atoms with van der Waals surface area (Å²) < 4.78 is 18.2. The van der Waals surface area contributed by atoms with Crippen LogP contribution in [0.15, 0.2) is 18.2 Å². The fourth-order valence-electron chi connectivity index (χ4n) is 1.68. The van der Waals surface area contributed by atoms with E-state index in [0.717, 1.165) is 5.56 Å². The van der Waals surface area contributed by atoms with E-state index in [1.54, 1.807) is 20.1 Å². The third-order valence-corrected chi connectivity index (χ3v) is 2.26. The number of halogens is 1. The smallest absolute Gasteiger partial charge is 0.123 e. The summed E-state index contributed by atoms with van der Waals surface area (Å²) in [6.45, 7) is 2.81. The molecule has 0 aromatic heterocycles. The van der Waals surface area contributed by atoms with Crippen LogP contribution in [0.5, 0.6) is 5.75 Å². The second-order valence-electron chi connectivity index (χ2n) is 4.00. The molecule has 0 spiro atoms. The predicted molar refractivity (Wildman–Crippen MR) is 61.0 cm³/mol. The lowest BCUT2D eigenvalue weighted by atomic mass is 10.2. The highest BCUT2D eigenvalue weighted by atomic mass is 19.1. The molecule has 16 heavy (non-hydrogen) atoms. The monoisotopic (exact) mass is 227 g/mol. The summed E-state index contributed by atoms with van der Waals surface area (Å²) in [6.07, 6.45) is -0.399. The molecule has 1 rings (SSSR count). The molecule has 1 aromatic rings. The van der Waals surface area contributed by atoms with Crippen molar-refractivity contribution in [2.45, 2.75) is 19.6 Å². The van der Waals surface area contributed by atoms with Crippen molar-refractivity contribution in [3.05, 3.63) is 29.6 Å². The minimum Gasteiger partial charge on any atom is -0.496 e. The van der Waals surface area contributed by atoms with Gasteiger partial charge in [0.15, 0.2) is 0 Å². The quantitative estimate of drug-likeness (QED) is 0.830. The predicted octanol–water partition coefficient (Wildman–Crippen LogP) is 1.65. The van der Waals surface area contributed by atoms with Crippen LogP contribution in [0.25, 0.3) is 0 Å². The van der Waals surface area contributed by atoms with Crippen LogP contribution >= 0.6 is 0 Å². The van der Waals surface area contributed by atoms with Gasteiger partial charge in [-0.2, -0.15) is 0 Å². The summed E-state index contributed by atoms with van der Waals surface area (Å²) in [6, 6.07) is 4.44. The first-order valence-corrected chi connectivity index (χ1v) is 5.22. The van der Waals surface area contributed by atoms with Crippen LogP contribution in [0.2, 0.25) is 0 Å². The van der Waals surface area contributed by atoms with Gasteiger partial charge in [0.05, 0.1) is 13.2 Å². The minimum atomic E-state index is -0.399. The van der Waals surface area contributed by atoms with Crippen LogP contribution in [-0.4, -0.2) is 36.8 Å². The maximum Gasteiger partial charge on any atom is 0.123 e. The third-order valence-electron chi connectivity index (χ3n) is 2.26. The molecule has 0 aliphatic rings. The van der Waals surface area contributed by atoms with E-state index in [1.165, 1.54) is 12.1 Å². The zero-order chi connectivity index (χ0) is 12.1. The SMILES string of the molecule is COc1ccc(F)cc1CN(C)CC(C)O. The van der Waals surface area contributed by atoms with Crippen molar-refractivity contribution in [1.82, 2.24) is 4.90 Å². The number of likely N-dealkylation sites (N-methyl/N-ethyl adjacent to an activating group) is 1. The normalized spacial score (nSPS) is 12.9. The van der Waals surface area contributed by atoms with Gasteiger partial charge >= 0.3 is 0 Å². The molecule has 0 saturated heterocycles. The molecule has 0 saturated carbocycles. The summed E-state index contributed by atoms with van der Waals surface area (Å²) in [4.78, 5) is 1.92. The molecule has 1 atom stereocenters. The molecule has 1 aromatic carbocycles.